The number of primary amides is 1. The summed E-state index contributed by atoms with van der Waals surface area (Å²) in [5.74, 6) is 1.05. The van der Waals surface area contributed by atoms with E-state index in [1.54, 1.807) is 11.3 Å². The number of aryl methyl sites for hydroxylation is 1. The molecule has 2 aromatic rings. The highest BCUT2D eigenvalue weighted by atomic mass is 32.1. The molecule has 158 valence electrons. The molecule has 0 bridgehead atoms. The van der Waals surface area contributed by atoms with E-state index in [1.807, 2.05) is 0 Å². The summed E-state index contributed by atoms with van der Waals surface area (Å²) in [4.78, 5) is 24.5. The van der Waals surface area contributed by atoms with Crippen molar-refractivity contribution in [3.05, 3.63) is 29.1 Å². The Bertz CT molecular complexity index is 942. The molecular formula is C22H28N6OS. The lowest BCUT2D eigenvalue weighted by atomic mass is 10.1. The Balaban J connectivity index is 1.49. The maximum atomic E-state index is 11.9. The summed E-state index contributed by atoms with van der Waals surface area (Å²) in [5.41, 5.74) is 7.93. The summed E-state index contributed by atoms with van der Waals surface area (Å²) in [6, 6.07) is 10.5. The number of hydrogen-bond acceptors (Lipinski definition) is 7. The first kappa shape index (κ1) is 20.6. The van der Waals surface area contributed by atoms with Gasteiger partial charge in [0.15, 0.2) is 0 Å². The predicted octanol–water partition coefficient (Wildman–Crippen LogP) is 2.46. The average Bonchev–Trinajstić information content (AvgIpc) is 3.31. The van der Waals surface area contributed by atoms with Gasteiger partial charge in [0.25, 0.3) is 0 Å². The third-order valence-electron chi connectivity index (χ3n) is 6.03. The van der Waals surface area contributed by atoms with Gasteiger partial charge in [0.05, 0.1) is 12.6 Å². The fraction of sp³-hybridized carbons (Fsp3) is 0.500. The standard InChI is InChI=1S/C22H28N6OS/c1-15-13-19(20(24)29)28(14-15)21-16(2)30-22(25-21)17-3-5-18(6-4-17)27-11-9-26(8-7-23)10-12-27/h3-6,15,19H,8-14H2,1-2H3,(H2,24,29)/t15-,19-/m0/s1. The molecule has 2 atom stereocenters. The van der Waals surface area contributed by atoms with Crippen molar-refractivity contribution in [3.8, 4) is 16.6 Å². The molecule has 0 spiro atoms. The van der Waals surface area contributed by atoms with Crippen LogP contribution in [0.3, 0.4) is 0 Å². The number of rotatable bonds is 5. The molecule has 0 unspecified atom stereocenters. The van der Waals surface area contributed by atoms with Crippen LogP contribution in [0.25, 0.3) is 10.6 Å². The lowest BCUT2D eigenvalue weighted by Crippen LogP contribution is -2.46. The van der Waals surface area contributed by atoms with Crippen molar-refractivity contribution < 1.29 is 4.79 Å². The molecule has 1 amide bonds. The monoisotopic (exact) mass is 424 g/mol. The predicted molar refractivity (Wildman–Crippen MR) is 121 cm³/mol. The molecule has 3 heterocycles. The molecule has 2 fully saturated rings. The van der Waals surface area contributed by atoms with Gasteiger partial charge in [-0.3, -0.25) is 9.69 Å². The number of thiazole rings is 1. The average molecular weight is 425 g/mol. The number of benzene rings is 1. The number of nitrogens with zero attached hydrogens (tertiary/aromatic N) is 5. The molecular weight excluding hydrogens is 396 g/mol. The fourth-order valence-corrected chi connectivity index (χ4v) is 5.34. The van der Waals surface area contributed by atoms with E-state index in [0.29, 0.717) is 12.5 Å². The van der Waals surface area contributed by atoms with E-state index >= 15 is 0 Å². The molecule has 8 heteroatoms. The SMILES string of the molecule is Cc1sc(-c2ccc(N3CCN(CC#N)CC3)cc2)nc1N1C[C@@H](C)C[C@H]1C(N)=O. The molecule has 1 aromatic carbocycles. The minimum atomic E-state index is -0.271. The summed E-state index contributed by atoms with van der Waals surface area (Å²) in [6.07, 6.45) is 0.790. The Morgan fingerprint density at radius 2 is 1.97 bits per heavy atom. The van der Waals surface area contributed by atoms with Gasteiger partial charge in [-0.25, -0.2) is 4.98 Å². The van der Waals surface area contributed by atoms with Gasteiger partial charge < -0.3 is 15.5 Å². The van der Waals surface area contributed by atoms with Crippen molar-refractivity contribution in [2.75, 3.05) is 49.1 Å². The first-order valence-electron chi connectivity index (χ1n) is 10.4. The summed E-state index contributed by atoms with van der Waals surface area (Å²) >= 11 is 1.66. The number of aromatic nitrogens is 1. The molecule has 7 nitrogen and oxygen atoms in total. The van der Waals surface area contributed by atoms with Gasteiger partial charge in [0.2, 0.25) is 5.91 Å². The van der Waals surface area contributed by atoms with Crippen LogP contribution in [0.15, 0.2) is 24.3 Å². The van der Waals surface area contributed by atoms with Crippen LogP contribution in [-0.4, -0.2) is 61.1 Å². The van der Waals surface area contributed by atoms with Crippen molar-refractivity contribution in [2.24, 2.45) is 11.7 Å². The van der Waals surface area contributed by atoms with E-state index in [2.05, 4.69) is 58.9 Å². The van der Waals surface area contributed by atoms with Crippen LogP contribution >= 0.6 is 11.3 Å². The third kappa shape index (κ3) is 4.13. The highest BCUT2D eigenvalue weighted by Gasteiger charge is 2.35. The lowest BCUT2D eigenvalue weighted by Gasteiger charge is -2.34. The van der Waals surface area contributed by atoms with E-state index < -0.39 is 0 Å². The number of nitriles is 1. The molecule has 1 aromatic heterocycles. The van der Waals surface area contributed by atoms with Gasteiger partial charge in [-0.2, -0.15) is 5.26 Å². The van der Waals surface area contributed by atoms with Crippen LogP contribution in [0.1, 0.15) is 18.2 Å². The number of amides is 1. The molecule has 2 N–H and O–H groups in total. The second-order valence-electron chi connectivity index (χ2n) is 8.28. The van der Waals surface area contributed by atoms with E-state index in [0.717, 1.165) is 60.4 Å². The summed E-state index contributed by atoms with van der Waals surface area (Å²) in [7, 11) is 0. The Kier molecular flexibility index (Phi) is 5.93. The topological polar surface area (TPSA) is 89.5 Å². The minimum absolute atomic E-state index is 0.268. The van der Waals surface area contributed by atoms with Crippen molar-refractivity contribution in [3.63, 3.8) is 0 Å². The van der Waals surface area contributed by atoms with Crippen LogP contribution in [0.2, 0.25) is 0 Å². The van der Waals surface area contributed by atoms with E-state index in [-0.39, 0.29) is 11.9 Å². The highest BCUT2D eigenvalue weighted by molar-refractivity contribution is 7.15. The van der Waals surface area contributed by atoms with Gasteiger partial charge in [-0.1, -0.05) is 6.92 Å². The number of anilines is 2. The van der Waals surface area contributed by atoms with Gasteiger partial charge in [-0.05, 0) is 43.5 Å². The molecule has 2 aliphatic rings. The Hall–Kier alpha value is -2.63. The van der Waals surface area contributed by atoms with Crippen molar-refractivity contribution >= 4 is 28.7 Å². The zero-order valence-electron chi connectivity index (χ0n) is 17.5. The van der Waals surface area contributed by atoms with Crippen LogP contribution in [0, 0.1) is 24.2 Å². The largest absolute Gasteiger partial charge is 0.369 e. The second-order valence-corrected chi connectivity index (χ2v) is 9.48. The van der Waals surface area contributed by atoms with E-state index in [4.69, 9.17) is 16.0 Å². The summed E-state index contributed by atoms with van der Waals surface area (Å²) in [5, 5.41) is 9.82. The van der Waals surface area contributed by atoms with Crippen molar-refractivity contribution in [1.29, 1.82) is 5.26 Å². The maximum absolute atomic E-state index is 11.9. The Morgan fingerprint density at radius 3 is 2.60 bits per heavy atom. The second kappa shape index (κ2) is 8.62. The molecule has 0 radical (unpaired) electrons. The number of carbonyl (C=O) groups is 1. The summed E-state index contributed by atoms with van der Waals surface area (Å²) < 4.78 is 0. The van der Waals surface area contributed by atoms with E-state index in [9.17, 15) is 4.79 Å². The Morgan fingerprint density at radius 1 is 1.27 bits per heavy atom. The van der Waals surface area contributed by atoms with Crippen LogP contribution < -0.4 is 15.5 Å². The number of piperazine rings is 1. The van der Waals surface area contributed by atoms with Gasteiger partial charge >= 0.3 is 0 Å². The summed E-state index contributed by atoms with van der Waals surface area (Å²) in [6.45, 7) is 9.23. The highest BCUT2D eigenvalue weighted by Crippen LogP contribution is 2.37. The zero-order chi connectivity index (χ0) is 21.3. The van der Waals surface area contributed by atoms with Gasteiger partial charge in [-0.15, -0.1) is 11.3 Å². The molecule has 4 rings (SSSR count). The lowest BCUT2D eigenvalue weighted by molar-refractivity contribution is -0.119. The zero-order valence-corrected chi connectivity index (χ0v) is 18.4. The first-order chi connectivity index (χ1) is 14.5. The normalized spacial score (nSPS) is 22.3. The molecule has 0 aliphatic carbocycles. The number of carbonyl (C=O) groups excluding carboxylic acids is 1. The maximum Gasteiger partial charge on any atom is 0.240 e. The van der Waals surface area contributed by atoms with Crippen molar-refractivity contribution in [2.45, 2.75) is 26.3 Å². The van der Waals surface area contributed by atoms with Crippen LogP contribution in [0.5, 0.6) is 0 Å². The van der Waals surface area contributed by atoms with Crippen LogP contribution in [-0.2, 0) is 4.79 Å². The van der Waals surface area contributed by atoms with Gasteiger partial charge in [0.1, 0.15) is 16.9 Å². The molecule has 0 saturated carbocycles. The first-order valence-corrected chi connectivity index (χ1v) is 11.3. The third-order valence-corrected chi connectivity index (χ3v) is 7.04. The number of nitrogens with two attached hydrogens (primary N) is 1. The van der Waals surface area contributed by atoms with E-state index in [1.165, 1.54) is 5.69 Å². The molecule has 2 aliphatic heterocycles. The van der Waals surface area contributed by atoms with Crippen molar-refractivity contribution in [1.82, 2.24) is 9.88 Å². The Labute approximate surface area is 181 Å². The smallest absolute Gasteiger partial charge is 0.240 e. The minimum Gasteiger partial charge on any atom is -0.369 e. The number of hydrogen-bond donors (Lipinski definition) is 1. The molecule has 30 heavy (non-hydrogen) atoms. The molecule has 2 saturated heterocycles. The van der Waals surface area contributed by atoms with Gasteiger partial charge in [0, 0.05) is 48.9 Å². The quantitative estimate of drug-likeness (QED) is 0.742. The van der Waals surface area contributed by atoms with Crippen LogP contribution in [0.4, 0.5) is 11.5 Å². The fourth-order valence-electron chi connectivity index (χ4n) is 4.41.